The summed E-state index contributed by atoms with van der Waals surface area (Å²) in [5.41, 5.74) is 6.03. The van der Waals surface area contributed by atoms with Crippen molar-refractivity contribution in [3.8, 4) is 11.5 Å². The number of alkyl carbamates (subject to hydrolysis) is 1. The van der Waals surface area contributed by atoms with Crippen molar-refractivity contribution >= 4 is 34.5 Å². The van der Waals surface area contributed by atoms with Gasteiger partial charge in [-0.3, -0.25) is 4.79 Å². The number of nitrogens with zero attached hydrogens (tertiary/aromatic N) is 3. The molecule has 1 amide bonds. The van der Waals surface area contributed by atoms with Crippen LogP contribution in [0.1, 0.15) is 47.5 Å². The first-order valence-electron chi connectivity index (χ1n) is 11.9. The molecule has 0 spiro atoms. The topological polar surface area (TPSA) is 129 Å². The summed E-state index contributed by atoms with van der Waals surface area (Å²) in [4.78, 5) is 36.6. The number of ketones is 1. The number of piperidine rings is 1. The van der Waals surface area contributed by atoms with Crippen LogP contribution in [0.5, 0.6) is 11.5 Å². The molecule has 0 aliphatic carbocycles. The maximum absolute atomic E-state index is 13.3. The lowest BCUT2D eigenvalue weighted by atomic mass is 9.85. The summed E-state index contributed by atoms with van der Waals surface area (Å²) >= 11 is 0. The molecule has 0 unspecified atom stereocenters. The third kappa shape index (κ3) is 6.23. The number of carbonyl (C=O) groups excluding carboxylic acids is 2. The molecule has 0 bridgehead atoms. The second-order valence-corrected chi connectivity index (χ2v) is 10.2. The second-order valence-electron chi connectivity index (χ2n) is 10.2. The molecule has 10 heteroatoms. The van der Waals surface area contributed by atoms with Crippen LogP contribution >= 0.6 is 0 Å². The van der Waals surface area contributed by atoms with E-state index in [2.05, 4.69) is 20.2 Å². The maximum atomic E-state index is 13.3. The van der Waals surface area contributed by atoms with Gasteiger partial charge in [-0.05, 0) is 45.6 Å². The number of anilines is 2. The van der Waals surface area contributed by atoms with Gasteiger partial charge in [-0.25, -0.2) is 9.78 Å². The van der Waals surface area contributed by atoms with E-state index in [-0.39, 0.29) is 23.6 Å². The van der Waals surface area contributed by atoms with Crippen LogP contribution in [0.2, 0.25) is 0 Å². The van der Waals surface area contributed by atoms with Gasteiger partial charge in [-0.15, -0.1) is 0 Å². The van der Waals surface area contributed by atoms with Gasteiger partial charge < -0.3 is 30.2 Å². The van der Waals surface area contributed by atoms with Gasteiger partial charge in [-0.1, -0.05) is 13.8 Å². The zero-order valence-electron chi connectivity index (χ0n) is 21.7. The van der Waals surface area contributed by atoms with Gasteiger partial charge in [0.25, 0.3) is 0 Å². The highest BCUT2D eigenvalue weighted by Crippen LogP contribution is 2.36. The largest absolute Gasteiger partial charge is 0.493 e. The zero-order valence-corrected chi connectivity index (χ0v) is 21.7. The standard InChI is InChI=1S/C25H37N5O5/c1-14(2)20(28-24(32)35-25(3,4)5)21(31)15-8-10-30(11-9-15)22-16-12-18(33-6)19(34-7)13-17(16)27-23(26)29-22/h12-15,20H,8-11H2,1-7H3,(H,28,32)(H2,26,27,29)/t20-/m0/s1. The van der Waals surface area contributed by atoms with Gasteiger partial charge >= 0.3 is 6.09 Å². The van der Waals surface area contributed by atoms with E-state index < -0.39 is 17.7 Å². The van der Waals surface area contributed by atoms with Crippen LogP contribution in [0.15, 0.2) is 12.1 Å². The number of aromatic nitrogens is 2. The van der Waals surface area contributed by atoms with Crippen molar-refractivity contribution in [3.05, 3.63) is 12.1 Å². The minimum absolute atomic E-state index is 0.0315. The smallest absolute Gasteiger partial charge is 0.408 e. The molecule has 1 saturated heterocycles. The third-order valence-electron chi connectivity index (χ3n) is 6.04. The molecule has 3 N–H and O–H groups in total. The van der Waals surface area contributed by atoms with Crippen LogP contribution in [-0.2, 0) is 9.53 Å². The number of ether oxygens (including phenoxy) is 3. The van der Waals surface area contributed by atoms with Crippen LogP contribution in [0.25, 0.3) is 10.9 Å². The Hall–Kier alpha value is -3.30. The summed E-state index contributed by atoms with van der Waals surface area (Å²) in [7, 11) is 3.15. The fourth-order valence-corrected chi connectivity index (χ4v) is 4.33. The molecule has 3 rings (SSSR count). The first-order valence-corrected chi connectivity index (χ1v) is 11.9. The first kappa shape index (κ1) is 26.3. The Morgan fingerprint density at radius 3 is 2.23 bits per heavy atom. The zero-order chi connectivity index (χ0) is 25.9. The molecule has 1 fully saturated rings. The number of fused-ring (bicyclic) bond motifs is 1. The highest BCUT2D eigenvalue weighted by atomic mass is 16.6. The van der Waals surface area contributed by atoms with E-state index in [1.54, 1.807) is 41.1 Å². The predicted octanol–water partition coefficient (Wildman–Crippen LogP) is 3.56. The number of nitrogen functional groups attached to an aromatic ring is 1. The Kier molecular flexibility index (Phi) is 7.92. The summed E-state index contributed by atoms with van der Waals surface area (Å²) < 4.78 is 16.2. The molecule has 2 heterocycles. The van der Waals surface area contributed by atoms with Gasteiger partial charge in [0.2, 0.25) is 5.95 Å². The van der Waals surface area contributed by atoms with Gasteiger partial charge in [0.1, 0.15) is 11.4 Å². The lowest BCUT2D eigenvalue weighted by Gasteiger charge is -2.35. The van der Waals surface area contributed by atoms with Crippen molar-refractivity contribution in [2.24, 2.45) is 11.8 Å². The number of methoxy groups -OCH3 is 2. The Labute approximate surface area is 206 Å². The highest BCUT2D eigenvalue weighted by Gasteiger charge is 2.34. The molecule has 0 saturated carbocycles. The number of amides is 1. The number of nitrogens with one attached hydrogen (secondary N) is 1. The molecule has 0 radical (unpaired) electrons. The van der Waals surface area contributed by atoms with E-state index in [1.807, 2.05) is 19.9 Å². The quantitative estimate of drug-likeness (QED) is 0.602. The van der Waals surface area contributed by atoms with Gasteiger partial charge in [0, 0.05) is 30.5 Å². The number of nitrogens with two attached hydrogens (primary N) is 1. The van der Waals surface area contributed by atoms with E-state index >= 15 is 0 Å². The number of Topliss-reactive ketones (excluding diaryl/α,β-unsaturated/α-hetero) is 1. The second kappa shape index (κ2) is 10.5. The SMILES string of the molecule is COc1cc2nc(N)nc(N3CCC(C(=O)[C@@H](NC(=O)OC(C)(C)C)C(C)C)CC3)c2cc1OC. The normalized spacial score (nSPS) is 15.7. The predicted molar refractivity (Wildman–Crippen MR) is 135 cm³/mol. The fraction of sp³-hybridized carbons (Fsp3) is 0.600. The van der Waals surface area contributed by atoms with Crippen molar-refractivity contribution in [1.82, 2.24) is 15.3 Å². The molecule has 1 aromatic heterocycles. The molecular formula is C25H37N5O5. The third-order valence-corrected chi connectivity index (χ3v) is 6.04. The lowest BCUT2D eigenvalue weighted by molar-refractivity contribution is -0.126. The molecule has 35 heavy (non-hydrogen) atoms. The van der Waals surface area contributed by atoms with Crippen LogP contribution in [0.3, 0.4) is 0 Å². The van der Waals surface area contributed by atoms with E-state index in [0.717, 1.165) is 5.39 Å². The van der Waals surface area contributed by atoms with Gasteiger partial charge in [-0.2, -0.15) is 4.98 Å². The van der Waals surface area contributed by atoms with E-state index in [0.29, 0.717) is 48.8 Å². The monoisotopic (exact) mass is 487 g/mol. The lowest BCUT2D eigenvalue weighted by Crippen LogP contribution is -2.50. The summed E-state index contributed by atoms with van der Waals surface area (Å²) in [5.74, 6) is 1.81. The van der Waals surface area contributed by atoms with Crippen molar-refractivity contribution in [1.29, 1.82) is 0 Å². The molecule has 1 aliphatic heterocycles. The maximum Gasteiger partial charge on any atom is 0.408 e. The Morgan fingerprint density at radius 2 is 1.69 bits per heavy atom. The molecule has 1 atom stereocenters. The number of benzene rings is 1. The van der Waals surface area contributed by atoms with E-state index in [4.69, 9.17) is 19.9 Å². The van der Waals surface area contributed by atoms with Crippen molar-refractivity contribution < 1.29 is 23.8 Å². The van der Waals surface area contributed by atoms with Crippen LogP contribution in [0, 0.1) is 11.8 Å². The molecular weight excluding hydrogens is 450 g/mol. The van der Waals surface area contributed by atoms with Crippen molar-refractivity contribution in [2.75, 3.05) is 37.9 Å². The average Bonchev–Trinajstić information content (AvgIpc) is 2.79. The number of carbonyl (C=O) groups is 2. The first-order chi connectivity index (χ1) is 16.4. The van der Waals surface area contributed by atoms with Crippen LogP contribution in [0.4, 0.5) is 16.6 Å². The average molecular weight is 488 g/mol. The Morgan fingerprint density at radius 1 is 1.09 bits per heavy atom. The van der Waals surface area contributed by atoms with Gasteiger partial charge in [0.05, 0.1) is 25.8 Å². The number of rotatable bonds is 7. The molecule has 1 aromatic carbocycles. The summed E-state index contributed by atoms with van der Waals surface area (Å²) in [5, 5.41) is 3.58. The number of hydrogen-bond acceptors (Lipinski definition) is 9. The summed E-state index contributed by atoms with van der Waals surface area (Å²) in [6.07, 6.45) is 0.697. The molecule has 1 aliphatic rings. The molecule has 2 aromatic rings. The highest BCUT2D eigenvalue weighted by molar-refractivity contribution is 5.93. The molecule has 10 nitrogen and oxygen atoms in total. The Balaban J connectivity index is 1.76. The van der Waals surface area contributed by atoms with Crippen molar-refractivity contribution in [2.45, 2.75) is 59.1 Å². The fourth-order valence-electron chi connectivity index (χ4n) is 4.33. The molecule has 192 valence electrons. The Bertz CT molecular complexity index is 1070. The number of hydrogen-bond donors (Lipinski definition) is 2. The van der Waals surface area contributed by atoms with E-state index in [9.17, 15) is 9.59 Å². The summed E-state index contributed by atoms with van der Waals surface area (Å²) in [6, 6.07) is 3.02. The van der Waals surface area contributed by atoms with E-state index in [1.165, 1.54) is 0 Å². The summed E-state index contributed by atoms with van der Waals surface area (Å²) in [6.45, 7) is 10.5. The van der Waals surface area contributed by atoms with Gasteiger partial charge in [0.15, 0.2) is 17.3 Å². The minimum atomic E-state index is -0.630. The van der Waals surface area contributed by atoms with Crippen LogP contribution in [-0.4, -0.2) is 60.8 Å². The van der Waals surface area contributed by atoms with Crippen LogP contribution < -0.4 is 25.4 Å². The minimum Gasteiger partial charge on any atom is -0.493 e. The van der Waals surface area contributed by atoms with Crippen molar-refractivity contribution in [3.63, 3.8) is 0 Å².